The smallest absolute Gasteiger partial charge is 0.263 e. The molecule has 0 radical (unpaired) electrons. The van der Waals surface area contributed by atoms with Crippen LogP contribution in [0.25, 0.3) is 0 Å². The highest BCUT2D eigenvalue weighted by Crippen LogP contribution is 2.20. The van der Waals surface area contributed by atoms with Crippen molar-refractivity contribution < 1.29 is 19.1 Å². The highest BCUT2D eigenvalue weighted by atomic mass is 16.5. The summed E-state index contributed by atoms with van der Waals surface area (Å²) in [6.07, 6.45) is 0.763. The van der Waals surface area contributed by atoms with Crippen molar-refractivity contribution in [2.45, 2.75) is 38.8 Å². The van der Waals surface area contributed by atoms with Crippen LogP contribution in [-0.4, -0.2) is 79.7 Å². The zero-order chi connectivity index (χ0) is 19.9. The first-order chi connectivity index (χ1) is 13.6. The third-order valence-corrected chi connectivity index (χ3v) is 5.37. The maximum Gasteiger partial charge on any atom is 0.263 e. The quantitative estimate of drug-likeness (QED) is 0.788. The lowest BCUT2D eigenvalue weighted by Gasteiger charge is -2.36. The molecule has 2 heterocycles. The summed E-state index contributed by atoms with van der Waals surface area (Å²) in [5.41, 5.74) is 1.10. The molecule has 2 atom stereocenters. The van der Waals surface area contributed by atoms with Crippen LogP contribution in [-0.2, 0) is 20.7 Å². The molecule has 2 unspecified atom stereocenters. The van der Waals surface area contributed by atoms with E-state index in [0.717, 1.165) is 24.3 Å². The molecule has 7 heteroatoms. The molecule has 2 fully saturated rings. The second-order valence-corrected chi connectivity index (χ2v) is 7.36. The normalized spacial score (nSPS) is 21.3. The molecule has 3 rings (SSSR count). The van der Waals surface area contributed by atoms with E-state index in [9.17, 15) is 9.59 Å². The van der Waals surface area contributed by atoms with Gasteiger partial charge in [-0.2, -0.15) is 0 Å². The largest absolute Gasteiger partial charge is 0.481 e. The van der Waals surface area contributed by atoms with Crippen molar-refractivity contribution in [2.75, 3.05) is 45.9 Å². The second kappa shape index (κ2) is 9.89. The lowest BCUT2D eigenvalue weighted by atomic mass is 10.1. The van der Waals surface area contributed by atoms with Crippen LogP contribution in [0.5, 0.6) is 5.75 Å². The topological polar surface area (TPSA) is 71.1 Å². The third kappa shape index (κ3) is 5.23. The number of nitrogens with zero attached hydrogens (tertiary/aromatic N) is 2. The van der Waals surface area contributed by atoms with Crippen LogP contribution in [0.1, 0.15) is 25.8 Å². The summed E-state index contributed by atoms with van der Waals surface area (Å²) in [6.45, 7) is 8.16. The molecule has 0 spiro atoms. The van der Waals surface area contributed by atoms with E-state index >= 15 is 0 Å². The van der Waals surface area contributed by atoms with Gasteiger partial charge in [0.1, 0.15) is 5.75 Å². The summed E-state index contributed by atoms with van der Waals surface area (Å²) in [5.74, 6) is 0.860. The first-order valence-corrected chi connectivity index (χ1v) is 10.2. The molecule has 0 aromatic heterocycles. The summed E-state index contributed by atoms with van der Waals surface area (Å²) in [7, 11) is 0. The van der Waals surface area contributed by atoms with Crippen LogP contribution in [0.15, 0.2) is 24.3 Å². The molecule has 28 heavy (non-hydrogen) atoms. The number of piperazine rings is 1. The van der Waals surface area contributed by atoms with Crippen molar-refractivity contribution in [3.05, 3.63) is 29.8 Å². The third-order valence-electron chi connectivity index (χ3n) is 5.37. The van der Waals surface area contributed by atoms with E-state index in [0.29, 0.717) is 45.8 Å². The zero-order valence-corrected chi connectivity index (χ0v) is 16.9. The van der Waals surface area contributed by atoms with Crippen LogP contribution in [0, 0.1) is 0 Å². The van der Waals surface area contributed by atoms with Gasteiger partial charge < -0.3 is 24.6 Å². The maximum atomic E-state index is 12.8. The predicted octanol–water partition coefficient (Wildman–Crippen LogP) is 1.07. The number of hydrogen-bond acceptors (Lipinski definition) is 5. The van der Waals surface area contributed by atoms with Gasteiger partial charge in [-0.1, -0.05) is 25.1 Å². The molecule has 1 aromatic carbocycles. The van der Waals surface area contributed by atoms with Crippen LogP contribution in [0.3, 0.4) is 0 Å². The van der Waals surface area contributed by atoms with Crippen LogP contribution in [0.2, 0.25) is 0 Å². The summed E-state index contributed by atoms with van der Waals surface area (Å²) in [6, 6.07) is 7.91. The Morgan fingerprint density at radius 3 is 2.61 bits per heavy atom. The molecule has 2 saturated heterocycles. The molecule has 154 valence electrons. The van der Waals surface area contributed by atoms with E-state index in [1.807, 2.05) is 29.2 Å². The number of amides is 2. The molecule has 1 aromatic rings. The Labute approximate surface area is 167 Å². The standard InChI is InChI=1S/C21H31N3O4/c1-3-17-6-4-5-7-19(17)28-16(2)21(26)24-11-9-23(10-12-24)20(25)14-18-15-27-13-8-22-18/h4-7,16,18,22H,3,8-15H2,1-2H3. The number of nitrogens with one attached hydrogen (secondary N) is 1. The van der Waals surface area contributed by atoms with E-state index < -0.39 is 6.10 Å². The average Bonchev–Trinajstić information content (AvgIpc) is 2.74. The fourth-order valence-electron chi connectivity index (χ4n) is 3.68. The number of hydrogen-bond donors (Lipinski definition) is 1. The van der Waals surface area contributed by atoms with Crippen molar-refractivity contribution in [3.8, 4) is 5.75 Å². The van der Waals surface area contributed by atoms with E-state index in [1.165, 1.54) is 0 Å². The molecule has 0 aliphatic carbocycles. The van der Waals surface area contributed by atoms with Gasteiger partial charge in [0.2, 0.25) is 5.91 Å². The Balaban J connectivity index is 1.47. The average molecular weight is 389 g/mol. The fraction of sp³-hybridized carbons (Fsp3) is 0.619. The molecule has 2 amide bonds. The molecule has 2 aliphatic heterocycles. The van der Waals surface area contributed by atoms with Gasteiger partial charge in [-0.25, -0.2) is 0 Å². The van der Waals surface area contributed by atoms with Crippen molar-refractivity contribution in [3.63, 3.8) is 0 Å². The minimum absolute atomic E-state index is 0.0275. The first kappa shape index (κ1) is 20.6. The number of carbonyl (C=O) groups excluding carboxylic acids is 2. The van der Waals surface area contributed by atoms with E-state index in [4.69, 9.17) is 9.47 Å². The van der Waals surface area contributed by atoms with E-state index in [-0.39, 0.29) is 17.9 Å². The Hall–Kier alpha value is -2.12. The second-order valence-electron chi connectivity index (χ2n) is 7.36. The SMILES string of the molecule is CCc1ccccc1OC(C)C(=O)N1CCN(C(=O)CC2COCCN2)CC1. The highest BCUT2D eigenvalue weighted by Gasteiger charge is 2.29. The molecule has 2 aliphatic rings. The van der Waals surface area contributed by atoms with Gasteiger partial charge >= 0.3 is 0 Å². The van der Waals surface area contributed by atoms with Crippen molar-refractivity contribution in [1.82, 2.24) is 15.1 Å². The highest BCUT2D eigenvalue weighted by molar-refractivity contribution is 5.82. The van der Waals surface area contributed by atoms with Gasteiger partial charge in [0, 0.05) is 45.2 Å². The Kier molecular flexibility index (Phi) is 7.28. The number of rotatable bonds is 6. The summed E-state index contributed by atoms with van der Waals surface area (Å²) in [4.78, 5) is 28.9. The number of morpholine rings is 1. The van der Waals surface area contributed by atoms with Gasteiger partial charge in [-0.05, 0) is 25.0 Å². The number of ether oxygens (including phenoxy) is 2. The summed E-state index contributed by atoms with van der Waals surface area (Å²) in [5, 5.41) is 3.31. The molecular formula is C21H31N3O4. The Morgan fingerprint density at radius 1 is 1.21 bits per heavy atom. The summed E-state index contributed by atoms with van der Waals surface area (Å²) < 4.78 is 11.3. The van der Waals surface area contributed by atoms with Crippen LogP contribution >= 0.6 is 0 Å². The van der Waals surface area contributed by atoms with Gasteiger partial charge in [0.05, 0.1) is 13.2 Å². The minimum Gasteiger partial charge on any atom is -0.481 e. The lowest BCUT2D eigenvalue weighted by Crippen LogP contribution is -2.54. The lowest BCUT2D eigenvalue weighted by molar-refractivity contribution is -0.144. The predicted molar refractivity (Wildman–Crippen MR) is 106 cm³/mol. The van der Waals surface area contributed by atoms with Gasteiger partial charge in [-0.15, -0.1) is 0 Å². The minimum atomic E-state index is -0.543. The van der Waals surface area contributed by atoms with E-state index in [1.54, 1.807) is 11.8 Å². The Bertz CT molecular complexity index is 667. The van der Waals surface area contributed by atoms with Crippen molar-refractivity contribution >= 4 is 11.8 Å². The van der Waals surface area contributed by atoms with Crippen molar-refractivity contribution in [2.24, 2.45) is 0 Å². The molecule has 0 bridgehead atoms. The van der Waals surface area contributed by atoms with Crippen molar-refractivity contribution in [1.29, 1.82) is 0 Å². The maximum absolute atomic E-state index is 12.8. The zero-order valence-electron chi connectivity index (χ0n) is 16.9. The molecule has 0 saturated carbocycles. The van der Waals surface area contributed by atoms with Gasteiger partial charge in [-0.3, -0.25) is 9.59 Å². The number of carbonyl (C=O) groups is 2. The molecule has 1 N–H and O–H groups in total. The van der Waals surface area contributed by atoms with E-state index in [2.05, 4.69) is 12.2 Å². The van der Waals surface area contributed by atoms with Gasteiger partial charge in [0.25, 0.3) is 5.91 Å². The molecule has 7 nitrogen and oxygen atoms in total. The van der Waals surface area contributed by atoms with Gasteiger partial charge in [0.15, 0.2) is 6.10 Å². The fourth-order valence-corrected chi connectivity index (χ4v) is 3.68. The number of benzene rings is 1. The number of para-hydroxylation sites is 1. The number of aryl methyl sites for hydroxylation is 1. The first-order valence-electron chi connectivity index (χ1n) is 10.2. The van der Waals surface area contributed by atoms with Crippen LogP contribution < -0.4 is 10.1 Å². The van der Waals surface area contributed by atoms with Crippen LogP contribution in [0.4, 0.5) is 0 Å². The summed E-state index contributed by atoms with van der Waals surface area (Å²) >= 11 is 0. The Morgan fingerprint density at radius 2 is 1.93 bits per heavy atom. The molecular weight excluding hydrogens is 358 g/mol. The monoisotopic (exact) mass is 389 g/mol.